The van der Waals surface area contributed by atoms with E-state index in [9.17, 15) is 9.90 Å². The topological polar surface area (TPSA) is 74.5 Å². The van der Waals surface area contributed by atoms with Gasteiger partial charge >= 0.3 is 6.03 Å². The molecular formula is C16H20N2O3. The minimum Gasteiger partial charge on any atom is -0.469 e. The van der Waals surface area contributed by atoms with Gasteiger partial charge in [0, 0.05) is 18.2 Å². The molecule has 21 heavy (non-hydrogen) atoms. The van der Waals surface area contributed by atoms with Gasteiger partial charge in [0.15, 0.2) is 0 Å². The molecule has 2 unspecified atom stereocenters. The van der Waals surface area contributed by atoms with Crippen molar-refractivity contribution in [2.45, 2.75) is 32.4 Å². The fourth-order valence-corrected chi connectivity index (χ4v) is 2.05. The summed E-state index contributed by atoms with van der Waals surface area (Å²) < 4.78 is 5.25. The van der Waals surface area contributed by atoms with Crippen LogP contribution in [0.25, 0.3) is 0 Å². The van der Waals surface area contributed by atoms with Crippen LogP contribution < -0.4 is 10.6 Å². The van der Waals surface area contributed by atoms with Crippen LogP contribution in [-0.4, -0.2) is 17.2 Å². The Labute approximate surface area is 124 Å². The van der Waals surface area contributed by atoms with Crippen molar-refractivity contribution in [1.82, 2.24) is 5.32 Å². The van der Waals surface area contributed by atoms with E-state index in [1.54, 1.807) is 31.4 Å². The zero-order valence-electron chi connectivity index (χ0n) is 12.2. The second-order valence-corrected chi connectivity index (χ2v) is 5.08. The Kier molecular flexibility index (Phi) is 5.00. The Balaban J connectivity index is 1.88. The molecule has 1 aromatic carbocycles. The predicted octanol–water partition coefficient (Wildman–Crippen LogP) is 3.09. The molecule has 2 amide bonds. The molecule has 1 aromatic heterocycles. The minimum absolute atomic E-state index is 0.0453. The van der Waals surface area contributed by atoms with Crippen LogP contribution in [0.15, 0.2) is 47.1 Å². The van der Waals surface area contributed by atoms with Gasteiger partial charge < -0.3 is 20.2 Å². The van der Waals surface area contributed by atoms with E-state index in [-0.39, 0.29) is 12.1 Å². The number of urea groups is 1. The molecule has 5 heteroatoms. The van der Waals surface area contributed by atoms with Gasteiger partial charge in [0.05, 0.1) is 12.4 Å². The van der Waals surface area contributed by atoms with E-state index in [1.165, 1.54) is 0 Å². The molecular weight excluding hydrogens is 268 g/mol. The van der Waals surface area contributed by atoms with Crippen LogP contribution in [0.2, 0.25) is 0 Å². The zero-order chi connectivity index (χ0) is 15.2. The molecule has 5 nitrogen and oxygen atoms in total. The van der Waals surface area contributed by atoms with Crippen LogP contribution in [0.3, 0.4) is 0 Å². The average molecular weight is 288 g/mol. The first-order valence-corrected chi connectivity index (χ1v) is 6.92. The first-order valence-electron chi connectivity index (χ1n) is 6.92. The predicted molar refractivity (Wildman–Crippen MR) is 81.1 cm³/mol. The zero-order valence-corrected chi connectivity index (χ0v) is 12.2. The number of hydrogen-bond donors (Lipinski definition) is 3. The van der Waals surface area contributed by atoms with E-state index in [0.29, 0.717) is 12.1 Å². The number of hydrogen-bond acceptors (Lipinski definition) is 3. The van der Waals surface area contributed by atoms with Crippen LogP contribution in [0.4, 0.5) is 10.5 Å². The van der Waals surface area contributed by atoms with Crippen molar-refractivity contribution in [3.63, 3.8) is 0 Å². The van der Waals surface area contributed by atoms with Crippen LogP contribution in [0, 0.1) is 0 Å². The van der Waals surface area contributed by atoms with Crippen molar-refractivity contribution in [3.05, 3.63) is 54.0 Å². The number of benzene rings is 1. The summed E-state index contributed by atoms with van der Waals surface area (Å²) in [5.74, 6) is 0.832. The normalized spacial score (nSPS) is 13.5. The van der Waals surface area contributed by atoms with Gasteiger partial charge in [0.1, 0.15) is 5.76 Å². The van der Waals surface area contributed by atoms with Crippen LogP contribution >= 0.6 is 0 Å². The quantitative estimate of drug-likeness (QED) is 0.791. The molecule has 0 spiro atoms. The number of carbonyl (C=O) groups is 1. The van der Waals surface area contributed by atoms with E-state index in [4.69, 9.17) is 4.42 Å². The smallest absolute Gasteiger partial charge is 0.319 e. The molecule has 2 aromatic rings. The summed E-state index contributed by atoms with van der Waals surface area (Å²) in [5, 5.41) is 15.1. The van der Waals surface area contributed by atoms with Gasteiger partial charge in [-0.2, -0.15) is 0 Å². The Morgan fingerprint density at radius 2 is 2.10 bits per heavy atom. The van der Waals surface area contributed by atoms with E-state index < -0.39 is 6.10 Å². The first kappa shape index (κ1) is 15.1. The molecule has 0 bridgehead atoms. The summed E-state index contributed by atoms with van der Waals surface area (Å²) in [7, 11) is 0. The molecule has 3 N–H and O–H groups in total. The van der Waals surface area contributed by atoms with Crippen molar-refractivity contribution < 1.29 is 14.3 Å². The monoisotopic (exact) mass is 288 g/mol. The number of anilines is 1. The van der Waals surface area contributed by atoms with Crippen molar-refractivity contribution in [2.24, 2.45) is 0 Å². The number of nitrogens with one attached hydrogen (secondary N) is 2. The summed E-state index contributed by atoms with van der Waals surface area (Å²) >= 11 is 0. The Bertz CT molecular complexity index is 579. The maximum Gasteiger partial charge on any atom is 0.319 e. The van der Waals surface area contributed by atoms with Crippen molar-refractivity contribution in [2.75, 3.05) is 5.32 Å². The molecule has 0 aliphatic carbocycles. The highest BCUT2D eigenvalue weighted by atomic mass is 16.3. The lowest BCUT2D eigenvalue weighted by atomic mass is 10.1. The lowest BCUT2D eigenvalue weighted by molar-refractivity contribution is 0.199. The number of carbonyl (C=O) groups excluding carboxylic acids is 1. The fraction of sp³-hybridized carbons (Fsp3) is 0.312. The highest BCUT2D eigenvalue weighted by Crippen LogP contribution is 2.16. The van der Waals surface area contributed by atoms with E-state index in [1.807, 2.05) is 25.1 Å². The summed E-state index contributed by atoms with van der Waals surface area (Å²) in [4.78, 5) is 11.9. The van der Waals surface area contributed by atoms with Gasteiger partial charge in [-0.25, -0.2) is 4.79 Å². The Hall–Kier alpha value is -2.27. The number of amides is 2. The summed E-state index contributed by atoms with van der Waals surface area (Å²) in [6.45, 7) is 3.60. The lowest BCUT2D eigenvalue weighted by Gasteiger charge is -2.14. The Morgan fingerprint density at radius 1 is 1.29 bits per heavy atom. The van der Waals surface area contributed by atoms with Crippen LogP contribution in [-0.2, 0) is 6.42 Å². The molecule has 2 rings (SSSR count). The van der Waals surface area contributed by atoms with Crippen molar-refractivity contribution in [3.8, 4) is 0 Å². The molecule has 0 fully saturated rings. The fourth-order valence-electron chi connectivity index (χ4n) is 2.05. The van der Waals surface area contributed by atoms with Gasteiger partial charge in [-0.15, -0.1) is 0 Å². The number of aliphatic hydroxyl groups excluding tert-OH is 1. The van der Waals surface area contributed by atoms with Crippen molar-refractivity contribution >= 4 is 11.7 Å². The molecule has 112 valence electrons. The SMILES string of the molecule is CC(Cc1ccco1)NC(=O)Nc1cccc(C(C)O)c1. The van der Waals surface area contributed by atoms with Gasteiger partial charge in [-0.3, -0.25) is 0 Å². The molecule has 1 heterocycles. The standard InChI is InChI=1S/C16H20N2O3/c1-11(9-15-7-4-8-21-15)17-16(20)18-14-6-3-5-13(10-14)12(2)19/h3-8,10-12,19H,9H2,1-2H3,(H2,17,18,20). The number of rotatable bonds is 5. The van der Waals surface area contributed by atoms with Gasteiger partial charge in [-0.05, 0) is 43.7 Å². The van der Waals surface area contributed by atoms with Crippen LogP contribution in [0.1, 0.15) is 31.3 Å². The maximum atomic E-state index is 11.9. The molecule has 0 saturated heterocycles. The number of aliphatic hydroxyl groups is 1. The highest BCUT2D eigenvalue weighted by molar-refractivity contribution is 5.89. The second kappa shape index (κ2) is 6.95. The first-order chi connectivity index (χ1) is 10.0. The molecule has 0 saturated carbocycles. The number of furan rings is 1. The van der Waals surface area contributed by atoms with E-state index in [2.05, 4.69) is 10.6 Å². The largest absolute Gasteiger partial charge is 0.469 e. The van der Waals surface area contributed by atoms with Crippen molar-refractivity contribution in [1.29, 1.82) is 0 Å². The third-order valence-electron chi connectivity index (χ3n) is 3.09. The van der Waals surface area contributed by atoms with Gasteiger partial charge in [0.25, 0.3) is 0 Å². The Morgan fingerprint density at radius 3 is 2.76 bits per heavy atom. The highest BCUT2D eigenvalue weighted by Gasteiger charge is 2.10. The second-order valence-electron chi connectivity index (χ2n) is 5.08. The molecule has 0 radical (unpaired) electrons. The van der Waals surface area contributed by atoms with Crippen LogP contribution in [0.5, 0.6) is 0 Å². The average Bonchev–Trinajstić information content (AvgIpc) is 2.91. The molecule has 0 aliphatic rings. The maximum absolute atomic E-state index is 11.9. The van der Waals surface area contributed by atoms with Gasteiger partial charge in [-0.1, -0.05) is 12.1 Å². The lowest BCUT2D eigenvalue weighted by Crippen LogP contribution is -2.37. The third-order valence-corrected chi connectivity index (χ3v) is 3.09. The molecule has 2 atom stereocenters. The molecule has 0 aliphatic heterocycles. The van der Waals surface area contributed by atoms with E-state index >= 15 is 0 Å². The van der Waals surface area contributed by atoms with Gasteiger partial charge in [0.2, 0.25) is 0 Å². The summed E-state index contributed by atoms with van der Waals surface area (Å²) in [5.41, 5.74) is 1.41. The van der Waals surface area contributed by atoms with E-state index in [0.717, 1.165) is 11.3 Å². The minimum atomic E-state index is -0.562. The summed E-state index contributed by atoms with van der Waals surface area (Å²) in [6, 6.07) is 10.5. The third kappa shape index (κ3) is 4.65. The summed E-state index contributed by atoms with van der Waals surface area (Å²) in [6.07, 6.45) is 1.69.